The normalized spacial score (nSPS) is 31.2. The fourth-order valence-corrected chi connectivity index (χ4v) is 4.89. The zero-order chi connectivity index (χ0) is 10.1. The molecule has 1 aromatic heterocycles. The maximum absolute atomic E-state index is 3.81. The van der Waals surface area contributed by atoms with Crippen LogP contribution in [0, 0.1) is 0 Å². The minimum atomic E-state index is 0.344. The minimum Gasteiger partial charge on any atom is -0.307 e. The summed E-state index contributed by atoms with van der Waals surface area (Å²) < 4.78 is 0. The molecule has 0 aromatic carbocycles. The monoisotopic (exact) mass is 239 g/mol. The third-order valence-corrected chi connectivity index (χ3v) is 5.69. The van der Waals surface area contributed by atoms with Crippen LogP contribution in [-0.4, -0.2) is 18.1 Å². The quantitative estimate of drug-likeness (QED) is 0.747. The van der Waals surface area contributed by atoms with E-state index in [4.69, 9.17) is 0 Å². The van der Waals surface area contributed by atoms with Crippen molar-refractivity contribution >= 4 is 23.1 Å². The predicted molar refractivity (Wildman–Crippen MR) is 68.9 cm³/mol. The Hall–Kier alpha value is 0.01000. The number of nitrogens with one attached hydrogen (secondary N) is 1. The fraction of sp³-hybridized carbons (Fsp3) is 0.667. The van der Waals surface area contributed by atoms with E-state index in [0.717, 1.165) is 0 Å². The van der Waals surface area contributed by atoms with E-state index in [-0.39, 0.29) is 0 Å². The van der Waals surface area contributed by atoms with E-state index in [1.807, 2.05) is 11.3 Å². The molecule has 0 radical (unpaired) electrons. The van der Waals surface area contributed by atoms with Crippen LogP contribution in [0.25, 0.3) is 0 Å². The standard InChI is InChI=1S/C12H17NS2/c1-4-12(5-9-14-7-1)10-3-8-15-11(10)2-6-13-12/h3,8,13H,1-2,4-7,9H2. The van der Waals surface area contributed by atoms with Gasteiger partial charge in [0.25, 0.3) is 0 Å². The van der Waals surface area contributed by atoms with Gasteiger partial charge in [-0.1, -0.05) is 0 Å². The van der Waals surface area contributed by atoms with Gasteiger partial charge < -0.3 is 5.32 Å². The van der Waals surface area contributed by atoms with Crippen molar-refractivity contribution in [2.24, 2.45) is 0 Å². The summed E-state index contributed by atoms with van der Waals surface area (Å²) in [7, 11) is 0. The summed E-state index contributed by atoms with van der Waals surface area (Å²) in [5, 5.41) is 6.09. The SMILES string of the molecule is c1cc2c(s1)CCNC21CCCSCC1. The molecule has 2 aliphatic rings. The number of thioether (sulfide) groups is 1. The fourth-order valence-electron chi connectivity index (χ4n) is 2.87. The Morgan fingerprint density at radius 1 is 1.27 bits per heavy atom. The average Bonchev–Trinajstić information content (AvgIpc) is 2.62. The molecule has 2 aliphatic heterocycles. The molecule has 3 heterocycles. The van der Waals surface area contributed by atoms with Gasteiger partial charge in [0.05, 0.1) is 0 Å². The Kier molecular flexibility index (Phi) is 2.79. The highest BCUT2D eigenvalue weighted by molar-refractivity contribution is 7.99. The number of hydrogen-bond donors (Lipinski definition) is 1. The van der Waals surface area contributed by atoms with Crippen LogP contribution in [0.15, 0.2) is 11.4 Å². The van der Waals surface area contributed by atoms with E-state index in [9.17, 15) is 0 Å². The molecule has 1 atom stereocenters. The molecule has 1 aromatic rings. The first-order valence-electron chi connectivity index (χ1n) is 5.80. The van der Waals surface area contributed by atoms with Gasteiger partial charge in [-0.25, -0.2) is 0 Å². The van der Waals surface area contributed by atoms with Crippen LogP contribution in [0.1, 0.15) is 29.7 Å². The summed E-state index contributed by atoms with van der Waals surface area (Å²) in [5.74, 6) is 2.67. The third kappa shape index (κ3) is 1.75. The first-order chi connectivity index (χ1) is 7.41. The van der Waals surface area contributed by atoms with Crippen molar-refractivity contribution in [1.29, 1.82) is 0 Å². The van der Waals surface area contributed by atoms with Crippen molar-refractivity contribution in [3.8, 4) is 0 Å². The molecule has 3 rings (SSSR count). The first kappa shape index (κ1) is 10.2. The van der Waals surface area contributed by atoms with Gasteiger partial charge >= 0.3 is 0 Å². The van der Waals surface area contributed by atoms with Crippen molar-refractivity contribution in [1.82, 2.24) is 5.32 Å². The van der Waals surface area contributed by atoms with Crippen LogP contribution < -0.4 is 5.32 Å². The van der Waals surface area contributed by atoms with Crippen molar-refractivity contribution in [3.63, 3.8) is 0 Å². The number of fused-ring (bicyclic) bond motifs is 2. The Bertz CT molecular complexity index is 337. The zero-order valence-corrected chi connectivity index (χ0v) is 10.6. The molecule has 1 spiro atoms. The van der Waals surface area contributed by atoms with Gasteiger partial charge in [0.1, 0.15) is 0 Å². The smallest absolute Gasteiger partial charge is 0.0454 e. The van der Waals surface area contributed by atoms with E-state index in [0.29, 0.717) is 5.54 Å². The van der Waals surface area contributed by atoms with Gasteiger partial charge in [0.2, 0.25) is 0 Å². The van der Waals surface area contributed by atoms with Crippen LogP contribution in [0.4, 0.5) is 0 Å². The van der Waals surface area contributed by atoms with E-state index in [1.54, 1.807) is 10.4 Å². The van der Waals surface area contributed by atoms with Crippen molar-refractivity contribution < 1.29 is 0 Å². The largest absolute Gasteiger partial charge is 0.307 e. The van der Waals surface area contributed by atoms with Gasteiger partial charge in [-0.3, -0.25) is 0 Å². The Balaban J connectivity index is 1.98. The lowest BCUT2D eigenvalue weighted by atomic mass is 9.81. The highest BCUT2D eigenvalue weighted by Gasteiger charge is 2.36. The van der Waals surface area contributed by atoms with Crippen LogP contribution >= 0.6 is 23.1 Å². The number of thiophene rings is 1. The van der Waals surface area contributed by atoms with E-state index < -0.39 is 0 Å². The zero-order valence-electron chi connectivity index (χ0n) is 8.92. The molecule has 1 fully saturated rings. The van der Waals surface area contributed by atoms with Gasteiger partial charge in [-0.15, -0.1) is 11.3 Å². The second kappa shape index (κ2) is 4.11. The second-order valence-electron chi connectivity index (χ2n) is 4.48. The summed E-state index contributed by atoms with van der Waals surface area (Å²) in [6.07, 6.45) is 5.26. The maximum Gasteiger partial charge on any atom is 0.0454 e. The maximum atomic E-state index is 3.81. The molecule has 0 bridgehead atoms. The number of rotatable bonds is 0. The number of hydrogen-bond acceptors (Lipinski definition) is 3. The van der Waals surface area contributed by atoms with Gasteiger partial charge in [-0.05, 0) is 54.2 Å². The molecule has 1 N–H and O–H groups in total. The summed E-state index contributed by atoms with van der Waals surface area (Å²) >= 11 is 4.08. The van der Waals surface area contributed by atoms with Crippen LogP contribution in [-0.2, 0) is 12.0 Å². The predicted octanol–water partition coefficient (Wildman–Crippen LogP) is 3.01. The van der Waals surface area contributed by atoms with Crippen LogP contribution in [0.2, 0.25) is 0 Å². The lowest BCUT2D eigenvalue weighted by Crippen LogP contribution is -2.46. The lowest BCUT2D eigenvalue weighted by molar-refractivity contribution is 0.288. The highest BCUT2D eigenvalue weighted by atomic mass is 32.2. The molecule has 1 saturated heterocycles. The highest BCUT2D eigenvalue weighted by Crippen LogP contribution is 2.40. The molecule has 0 aliphatic carbocycles. The molecule has 1 unspecified atom stereocenters. The lowest BCUT2D eigenvalue weighted by Gasteiger charge is -2.38. The van der Waals surface area contributed by atoms with Gasteiger partial charge in [-0.2, -0.15) is 11.8 Å². The van der Waals surface area contributed by atoms with Crippen LogP contribution in [0.5, 0.6) is 0 Å². The van der Waals surface area contributed by atoms with Crippen LogP contribution in [0.3, 0.4) is 0 Å². The summed E-state index contributed by atoms with van der Waals surface area (Å²) in [4.78, 5) is 1.64. The van der Waals surface area contributed by atoms with Gasteiger partial charge in [0, 0.05) is 17.0 Å². The average molecular weight is 239 g/mol. The summed E-state index contributed by atoms with van der Waals surface area (Å²) in [6, 6.07) is 2.36. The molecular weight excluding hydrogens is 222 g/mol. The minimum absolute atomic E-state index is 0.344. The summed E-state index contributed by atoms with van der Waals surface area (Å²) in [5.41, 5.74) is 1.97. The Morgan fingerprint density at radius 3 is 3.27 bits per heavy atom. The topological polar surface area (TPSA) is 12.0 Å². The van der Waals surface area contributed by atoms with Gasteiger partial charge in [0.15, 0.2) is 0 Å². The molecule has 1 nitrogen and oxygen atoms in total. The molecule has 0 saturated carbocycles. The van der Waals surface area contributed by atoms with Crippen molar-refractivity contribution in [2.75, 3.05) is 18.1 Å². The van der Waals surface area contributed by atoms with E-state index >= 15 is 0 Å². The molecule has 3 heteroatoms. The van der Waals surface area contributed by atoms with E-state index in [2.05, 4.69) is 28.5 Å². The second-order valence-corrected chi connectivity index (χ2v) is 6.71. The summed E-state index contributed by atoms with van der Waals surface area (Å²) in [6.45, 7) is 1.18. The molecule has 0 amide bonds. The van der Waals surface area contributed by atoms with Crippen molar-refractivity contribution in [2.45, 2.75) is 31.2 Å². The molecule has 82 valence electrons. The van der Waals surface area contributed by atoms with Crippen molar-refractivity contribution in [3.05, 3.63) is 21.9 Å². The Labute approximate surface area is 99.7 Å². The van der Waals surface area contributed by atoms with E-state index in [1.165, 1.54) is 43.7 Å². The molecular formula is C12H17NS2. The first-order valence-corrected chi connectivity index (χ1v) is 7.84. The molecule has 15 heavy (non-hydrogen) atoms. The third-order valence-electron chi connectivity index (χ3n) is 3.64. The Morgan fingerprint density at radius 2 is 2.27 bits per heavy atom.